The second kappa shape index (κ2) is 8.07. The minimum Gasteiger partial charge on any atom is -0.367 e. The van der Waals surface area contributed by atoms with Crippen molar-refractivity contribution in [2.45, 2.75) is 26.4 Å². The number of hydrogen-bond donors (Lipinski definition) is 1. The van der Waals surface area contributed by atoms with Crippen LogP contribution in [-0.2, 0) is 19.5 Å². The summed E-state index contributed by atoms with van der Waals surface area (Å²) in [5, 5.41) is 3.46. The molecule has 0 radical (unpaired) electrons. The van der Waals surface area contributed by atoms with Crippen molar-refractivity contribution < 1.29 is 4.79 Å². The van der Waals surface area contributed by atoms with Gasteiger partial charge < -0.3 is 15.5 Å². The van der Waals surface area contributed by atoms with Crippen molar-refractivity contribution >= 4 is 27.9 Å². The van der Waals surface area contributed by atoms with Gasteiger partial charge in [0.25, 0.3) is 0 Å². The van der Waals surface area contributed by atoms with Gasteiger partial charge in [0.05, 0.1) is 5.00 Å². The van der Waals surface area contributed by atoms with Crippen molar-refractivity contribution in [1.29, 1.82) is 0 Å². The van der Waals surface area contributed by atoms with Crippen LogP contribution < -0.4 is 15.5 Å². The van der Waals surface area contributed by atoms with Crippen molar-refractivity contribution in [3.63, 3.8) is 0 Å². The molecule has 0 fully saturated rings. The molecule has 0 unspecified atom stereocenters. The van der Waals surface area contributed by atoms with Gasteiger partial charge in [-0.2, -0.15) is 0 Å². The Kier molecular flexibility index (Phi) is 5.35. The van der Waals surface area contributed by atoms with Crippen molar-refractivity contribution in [3.8, 4) is 0 Å². The van der Waals surface area contributed by atoms with Gasteiger partial charge in [-0.1, -0.05) is 24.3 Å². The maximum atomic E-state index is 11.2. The molecule has 2 heterocycles. The number of hydrogen-bond acceptors (Lipinski definition) is 4. The predicted molar refractivity (Wildman–Crippen MR) is 117 cm³/mol. The number of rotatable bonds is 7. The van der Waals surface area contributed by atoms with E-state index in [9.17, 15) is 4.79 Å². The summed E-state index contributed by atoms with van der Waals surface area (Å²) in [7, 11) is 0. The van der Waals surface area contributed by atoms with Gasteiger partial charge in [0, 0.05) is 37.4 Å². The molecular weight excluding hydrogens is 366 g/mol. The van der Waals surface area contributed by atoms with E-state index in [1.807, 2.05) is 24.3 Å². The van der Waals surface area contributed by atoms with Crippen molar-refractivity contribution in [3.05, 3.63) is 82.2 Å². The van der Waals surface area contributed by atoms with Crippen LogP contribution in [0.2, 0.25) is 0 Å². The molecule has 0 spiro atoms. The first-order valence-corrected chi connectivity index (χ1v) is 10.6. The first kappa shape index (κ1) is 18.6. The third-order valence-electron chi connectivity index (χ3n) is 5.32. The number of benzene rings is 2. The van der Waals surface area contributed by atoms with Crippen LogP contribution in [0.25, 0.3) is 0 Å². The predicted octanol–water partition coefficient (Wildman–Crippen LogP) is 4.44. The molecule has 0 saturated heterocycles. The zero-order valence-electron chi connectivity index (χ0n) is 16.1. The Labute approximate surface area is 170 Å². The second-order valence-corrected chi connectivity index (χ2v) is 8.09. The van der Waals surface area contributed by atoms with Crippen LogP contribution in [0.5, 0.6) is 0 Å². The van der Waals surface area contributed by atoms with E-state index in [1.54, 1.807) is 11.3 Å². The molecule has 1 aliphatic heterocycles. The highest BCUT2D eigenvalue weighted by atomic mass is 32.1. The van der Waals surface area contributed by atoms with E-state index in [1.165, 1.54) is 27.4 Å². The number of amides is 1. The van der Waals surface area contributed by atoms with E-state index in [2.05, 4.69) is 52.4 Å². The zero-order chi connectivity index (χ0) is 19.5. The minimum atomic E-state index is -0.380. The van der Waals surface area contributed by atoms with Crippen LogP contribution in [0.15, 0.2) is 60.0 Å². The largest absolute Gasteiger partial charge is 0.367 e. The van der Waals surface area contributed by atoms with Gasteiger partial charge in [-0.25, -0.2) is 0 Å². The van der Waals surface area contributed by atoms with E-state index in [4.69, 9.17) is 5.73 Å². The van der Waals surface area contributed by atoms with Crippen LogP contribution in [0.4, 0.5) is 10.7 Å². The summed E-state index contributed by atoms with van der Waals surface area (Å²) in [6.07, 6.45) is 1.08. The first-order chi connectivity index (χ1) is 13.6. The summed E-state index contributed by atoms with van der Waals surface area (Å²) in [6, 6.07) is 18.8. The quantitative estimate of drug-likeness (QED) is 0.648. The molecule has 0 saturated carbocycles. The molecule has 28 heavy (non-hydrogen) atoms. The maximum absolute atomic E-state index is 11.2. The Bertz CT molecular complexity index is 950. The molecule has 1 amide bonds. The molecule has 2 N–H and O–H groups in total. The molecular formula is C23H25N3OS. The molecule has 3 aromatic rings. The van der Waals surface area contributed by atoms with E-state index >= 15 is 0 Å². The average molecular weight is 392 g/mol. The van der Waals surface area contributed by atoms with Crippen LogP contribution in [0, 0.1) is 0 Å². The first-order valence-electron chi connectivity index (χ1n) is 9.68. The molecule has 0 aliphatic carbocycles. The highest BCUT2D eigenvalue weighted by Gasteiger charge is 2.20. The fourth-order valence-corrected chi connectivity index (χ4v) is 4.59. The molecule has 0 bridgehead atoms. The maximum Gasteiger partial charge on any atom is 0.248 e. The Morgan fingerprint density at radius 3 is 2.61 bits per heavy atom. The van der Waals surface area contributed by atoms with Crippen molar-refractivity contribution in [2.24, 2.45) is 5.73 Å². The molecule has 1 aromatic heterocycles. The van der Waals surface area contributed by atoms with Crippen LogP contribution in [0.3, 0.4) is 0 Å². The number of fused-ring (bicyclic) bond motifs is 1. The van der Waals surface area contributed by atoms with Crippen LogP contribution in [0.1, 0.15) is 34.0 Å². The number of carbonyl (C=O) groups is 1. The molecule has 4 rings (SSSR count). The van der Waals surface area contributed by atoms with Crippen LogP contribution in [-0.4, -0.2) is 19.0 Å². The monoisotopic (exact) mass is 391 g/mol. The Hall–Kier alpha value is -2.79. The van der Waals surface area contributed by atoms with Gasteiger partial charge in [-0.05, 0) is 65.7 Å². The molecule has 4 nitrogen and oxygen atoms in total. The molecule has 0 atom stereocenters. The van der Waals surface area contributed by atoms with E-state index in [-0.39, 0.29) is 5.91 Å². The zero-order valence-corrected chi connectivity index (χ0v) is 16.9. The number of anilines is 2. The highest BCUT2D eigenvalue weighted by Crippen LogP contribution is 2.31. The van der Waals surface area contributed by atoms with Gasteiger partial charge >= 0.3 is 0 Å². The number of primary amides is 1. The fraction of sp³-hybridized carbons (Fsp3) is 0.261. The third-order valence-corrected chi connectivity index (χ3v) is 6.25. The number of carbonyl (C=O) groups excluding carboxylic acids is 1. The summed E-state index contributed by atoms with van der Waals surface area (Å²) in [5.41, 5.74) is 11.2. The third kappa shape index (κ3) is 3.90. The Morgan fingerprint density at radius 2 is 1.93 bits per heavy atom. The SMILES string of the molecule is CCN(Cc1ccc2c(c1)CCN2Cc1ccc(C(N)=O)cc1)c1cccs1. The standard InChI is InChI=1S/C23H25N3OS/c1-2-25(22-4-3-13-28-22)16-18-7-10-21-20(14-18)11-12-26(21)15-17-5-8-19(9-6-17)23(24)27/h3-10,13-14H,2,11-12,15-16H2,1H3,(H2,24,27). The summed E-state index contributed by atoms with van der Waals surface area (Å²) in [6.45, 7) is 6.03. The van der Waals surface area contributed by atoms with Crippen molar-refractivity contribution in [2.75, 3.05) is 22.9 Å². The summed E-state index contributed by atoms with van der Waals surface area (Å²) < 4.78 is 0. The van der Waals surface area contributed by atoms with Crippen molar-refractivity contribution in [1.82, 2.24) is 0 Å². The van der Waals surface area contributed by atoms with Gasteiger partial charge in [0.1, 0.15) is 0 Å². The van der Waals surface area contributed by atoms with Gasteiger partial charge in [-0.3, -0.25) is 4.79 Å². The second-order valence-electron chi connectivity index (χ2n) is 7.16. The highest BCUT2D eigenvalue weighted by molar-refractivity contribution is 7.14. The summed E-state index contributed by atoms with van der Waals surface area (Å²) in [4.78, 5) is 16.1. The number of nitrogens with zero attached hydrogens (tertiary/aromatic N) is 2. The van der Waals surface area contributed by atoms with Gasteiger partial charge in [-0.15, -0.1) is 11.3 Å². The van der Waals surface area contributed by atoms with Crippen LogP contribution >= 0.6 is 11.3 Å². The lowest BCUT2D eigenvalue weighted by molar-refractivity contribution is 0.100. The van der Waals surface area contributed by atoms with E-state index in [0.717, 1.165) is 32.6 Å². The molecule has 5 heteroatoms. The topological polar surface area (TPSA) is 49.6 Å². The van der Waals surface area contributed by atoms with E-state index < -0.39 is 0 Å². The van der Waals surface area contributed by atoms with Gasteiger partial charge in [0.15, 0.2) is 0 Å². The number of nitrogens with two attached hydrogens (primary N) is 1. The summed E-state index contributed by atoms with van der Waals surface area (Å²) in [5.74, 6) is -0.380. The lowest BCUT2D eigenvalue weighted by Gasteiger charge is -2.22. The molecule has 2 aromatic carbocycles. The van der Waals surface area contributed by atoms with E-state index in [0.29, 0.717) is 5.56 Å². The van der Waals surface area contributed by atoms with Gasteiger partial charge in [0.2, 0.25) is 5.91 Å². The normalized spacial score (nSPS) is 12.8. The fourth-order valence-electron chi connectivity index (χ4n) is 3.80. The molecule has 144 valence electrons. The Balaban J connectivity index is 1.46. The lowest BCUT2D eigenvalue weighted by atomic mass is 10.1. The summed E-state index contributed by atoms with van der Waals surface area (Å²) >= 11 is 1.79. The average Bonchev–Trinajstić information content (AvgIpc) is 3.37. The lowest BCUT2D eigenvalue weighted by Crippen LogP contribution is -2.21. The minimum absolute atomic E-state index is 0.380. The number of thiophene rings is 1. The Morgan fingerprint density at radius 1 is 1.14 bits per heavy atom. The molecule has 1 aliphatic rings. The smallest absolute Gasteiger partial charge is 0.248 e.